The highest BCUT2D eigenvalue weighted by atomic mass is 14.9. The molecule has 0 saturated heterocycles. The maximum Gasteiger partial charge on any atom is 0.154 e. The lowest BCUT2D eigenvalue weighted by atomic mass is 10.1. The van der Waals surface area contributed by atoms with E-state index >= 15 is 0 Å². The van der Waals surface area contributed by atoms with Crippen molar-refractivity contribution in [2.75, 3.05) is 11.9 Å². The number of aryl methyl sites for hydroxylation is 1. The summed E-state index contributed by atoms with van der Waals surface area (Å²) >= 11 is 0. The summed E-state index contributed by atoms with van der Waals surface area (Å²) in [4.78, 5) is 0. The van der Waals surface area contributed by atoms with Crippen LogP contribution in [0.25, 0.3) is 0 Å². The van der Waals surface area contributed by atoms with Gasteiger partial charge >= 0.3 is 0 Å². The van der Waals surface area contributed by atoms with Crippen LogP contribution in [0.5, 0.6) is 0 Å². The zero-order chi connectivity index (χ0) is 9.84. The lowest BCUT2D eigenvalue weighted by molar-refractivity contribution is -0.254. The standard InChI is InChI=1S/C11H18N2/c1-4-7-13-10-6-5-8(2)9(3)11(10)12/h5-6,13H,4,7,12H2,1-3H3/p+1. The summed E-state index contributed by atoms with van der Waals surface area (Å²) in [7, 11) is 0. The molecule has 13 heavy (non-hydrogen) atoms. The van der Waals surface area contributed by atoms with Crippen LogP contribution in [0, 0.1) is 13.8 Å². The summed E-state index contributed by atoms with van der Waals surface area (Å²) in [5, 5.41) is 3.37. The van der Waals surface area contributed by atoms with Gasteiger partial charge in [-0.2, -0.15) is 0 Å². The van der Waals surface area contributed by atoms with Gasteiger partial charge in [0.05, 0.1) is 5.69 Å². The first-order valence-corrected chi connectivity index (χ1v) is 4.82. The van der Waals surface area contributed by atoms with E-state index in [-0.39, 0.29) is 0 Å². The van der Waals surface area contributed by atoms with Gasteiger partial charge in [-0.3, -0.25) is 0 Å². The molecule has 0 spiro atoms. The summed E-state index contributed by atoms with van der Waals surface area (Å²) in [6.45, 7) is 7.42. The molecule has 0 atom stereocenters. The molecule has 2 heteroatoms. The van der Waals surface area contributed by atoms with Gasteiger partial charge in [-0.1, -0.05) is 13.0 Å². The quantitative estimate of drug-likeness (QED) is 0.732. The van der Waals surface area contributed by atoms with Gasteiger partial charge in [0.15, 0.2) is 5.69 Å². The van der Waals surface area contributed by atoms with Crippen LogP contribution in [0.2, 0.25) is 0 Å². The third-order valence-corrected chi connectivity index (χ3v) is 2.43. The van der Waals surface area contributed by atoms with Crippen molar-refractivity contribution < 1.29 is 5.73 Å². The van der Waals surface area contributed by atoms with Crippen LogP contribution in [-0.4, -0.2) is 6.54 Å². The van der Waals surface area contributed by atoms with Crippen LogP contribution in [0.1, 0.15) is 24.5 Å². The molecule has 0 heterocycles. The molecule has 0 unspecified atom stereocenters. The SMILES string of the molecule is CCCNc1ccc(C)c(C)c1[NH3+]. The molecule has 0 aliphatic rings. The molecule has 0 aromatic heterocycles. The molecule has 0 bridgehead atoms. The highest BCUT2D eigenvalue weighted by Gasteiger charge is 2.06. The highest BCUT2D eigenvalue weighted by molar-refractivity contribution is 5.65. The predicted octanol–water partition coefficient (Wildman–Crippen LogP) is 2.00. The summed E-state index contributed by atoms with van der Waals surface area (Å²) in [6.07, 6.45) is 1.15. The van der Waals surface area contributed by atoms with Crippen molar-refractivity contribution in [2.24, 2.45) is 0 Å². The van der Waals surface area contributed by atoms with Gasteiger partial charge < -0.3 is 11.1 Å². The second kappa shape index (κ2) is 4.28. The molecule has 0 aliphatic carbocycles. The second-order valence-electron chi connectivity index (χ2n) is 3.46. The highest BCUT2D eigenvalue weighted by Crippen LogP contribution is 2.23. The minimum Gasteiger partial charge on any atom is -0.380 e. The van der Waals surface area contributed by atoms with E-state index in [1.807, 2.05) is 0 Å². The van der Waals surface area contributed by atoms with E-state index in [9.17, 15) is 0 Å². The fourth-order valence-electron chi connectivity index (χ4n) is 1.30. The van der Waals surface area contributed by atoms with Crippen LogP contribution in [-0.2, 0) is 0 Å². The zero-order valence-corrected chi connectivity index (χ0v) is 8.78. The van der Waals surface area contributed by atoms with Crippen molar-refractivity contribution in [3.63, 3.8) is 0 Å². The van der Waals surface area contributed by atoms with Gasteiger partial charge in [0, 0.05) is 12.1 Å². The fourth-order valence-corrected chi connectivity index (χ4v) is 1.30. The number of nitrogens with one attached hydrogen (secondary N) is 1. The van der Waals surface area contributed by atoms with Crippen molar-refractivity contribution in [2.45, 2.75) is 27.2 Å². The van der Waals surface area contributed by atoms with Crippen molar-refractivity contribution in [1.82, 2.24) is 0 Å². The van der Waals surface area contributed by atoms with Crippen molar-refractivity contribution in [3.05, 3.63) is 23.3 Å². The first-order chi connectivity index (χ1) is 6.16. The number of quaternary nitrogens is 1. The third kappa shape index (κ3) is 2.22. The molecular formula is C11H19N2+. The van der Waals surface area contributed by atoms with Crippen LogP contribution >= 0.6 is 0 Å². The first-order valence-electron chi connectivity index (χ1n) is 4.82. The summed E-state index contributed by atoms with van der Waals surface area (Å²) < 4.78 is 0. The Bertz CT molecular complexity index is 292. The van der Waals surface area contributed by atoms with E-state index < -0.39 is 0 Å². The van der Waals surface area contributed by atoms with Crippen LogP contribution in [0.3, 0.4) is 0 Å². The Kier molecular flexibility index (Phi) is 3.32. The smallest absolute Gasteiger partial charge is 0.154 e. The monoisotopic (exact) mass is 179 g/mol. The molecule has 4 N–H and O–H groups in total. The Hall–Kier alpha value is -1.02. The summed E-state index contributed by atoms with van der Waals surface area (Å²) in [5.41, 5.74) is 8.98. The molecule has 72 valence electrons. The van der Waals surface area contributed by atoms with E-state index in [0.717, 1.165) is 18.7 Å². The van der Waals surface area contributed by atoms with Gasteiger partial charge in [-0.25, -0.2) is 0 Å². The third-order valence-electron chi connectivity index (χ3n) is 2.43. The Morgan fingerprint density at radius 3 is 2.62 bits per heavy atom. The van der Waals surface area contributed by atoms with Gasteiger partial charge in [0.25, 0.3) is 0 Å². The topological polar surface area (TPSA) is 39.7 Å². The lowest BCUT2D eigenvalue weighted by Crippen LogP contribution is -2.42. The van der Waals surface area contributed by atoms with E-state index in [0.29, 0.717) is 0 Å². The van der Waals surface area contributed by atoms with Gasteiger partial charge in [0.1, 0.15) is 0 Å². The van der Waals surface area contributed by atoms with Crippen molar-refractivity contribution in [3.8, 4) is 0 Å². The van der Waals surface area contributed by atoms with E-state index in [1.165, 1.54) is 16.8 Å². The molecule has 0 aliphatic heterocycles. The molecule has 2 nitrogen and oxygen atoms in total. The molecule has 1 aromatic rings. The van der Waals surface area contributed by atoms with Gasteiger partial charge in [-0.15, -0.1) is 0 Å². The molecular weight excluding hydrogens is 160 g/mol. The maximum atomic E-state index is 4.07. The van der Waals surface area contributed by atoms with E-state index in [1.54, 1.807) is 0 Å². The molecule has 1 rings (SSSR count). The average Bonchev–Trinajstić information content (AvgIpc) is 2.13. The Labute approximate surface area is 80.1 Å². The van der Waals surface area contributed by atoms with Gasteiger partial charge in [0.2, 0.25) is 0 Å². The number of hydrogen-bond donors (Lipinski definition) is 2. The van der Waals surface area contributed by atoms with Crippen LogP contribution in [0.4, 0.5) is 11.4 Å². The van der Waals surface area contributed by atoms with Crippen molar-refractivity contribution in [1.29, 1.82) is 0 Å². The summed E-state index contributed by atoms with van der Waals surface area (Å²) in [5.74, 6) is 0. The second-order valence-corrected chi connectivity index (χ2v) is 3.46. The minimum atomic E-state index is 1.02. The molecule has 0 saturated carbocycles. The van der Waals surface area contributed by atoms with Crippen LogP contribution in [0.15, 0.2) is 12.1 Å². The number of rotatable bonds is 3. The average molecular weight is 179 g/mol. The Balaban J connectivity index is 2.90. The number of anilines is 1. The Morgan fingerprint density at radius 2 is 2.00 bits per heavy atom. The zero-order valence-electron chi connectivity index (χ0n) is 8.78. The molecule has 1 aromatic carbocycles. The summed E-state index contributed by atoms with van der Waals surface area (Å²) in [6, 6.07) is 4.25. The molecule has 0 radical (unpaired) electrons. The molecule has 0 amide bonds. The number of hydrogen-bond acceptors (Lipinski definition) is 1. The normalized spacial score (nSPS) is 10.2. The number of benzene rings is 1. The van der Waals surface area contributed by atoms with E-state index in [4.69, 9.17) is 0 Å². The molecule has 0 fully saturated rings. The van der Waals surface area contributed by atoms with E-state index in [2.05, 4.69) is 44.0 Å². The van der Waals surface area contributed by atoms with Gasteiger partial charge in [-0.05, 0) is 31.9 Å². The van der Waals surface area contributed by atoms with Crippen LogP contribution < -0.4 is 11.1 Å². The van der Waals surface area contributed by atoms with Crippen molar-refractivity contribution >= 4 is 11.4 Å². The predicted molar refractivity (Wildman–Crippen MR) is 57.2 cm³/mol. The maximum absolute atomic E-state index is 4.07. The largest absolute Gasteiger partial charge is 0.380 e. The first kappa shape index (κ1) is 10.1. The lowest BCUT2D eigenvalue weighted by Gasteiger charge is -2.09. The fraction of sp³-hybridized carbons (Fsp3) is 0.455. The minimum absolute atomic E-state index is 1.02. The Morgan fingerprint density at radius 1 is 1.31 bits per heavy atom.